The quantitative estimate of drug-likeness (QED) is 0.137. The minimum atomic E-state index is -4.67. The number of imide groups is 2. The van der Waals surface area contributed by atoms with E-state index in [1.807, 2.05) is 26.0 Å². The van der Waals surface area contributed by atoms with Crippen LogP contribution in [0.25, 0.3) is 0 Å². The van der Waals surface area contributed by atoms with Crippen molar-refractivity contribution in [3.63, 3.8) is 0 Å². The molecule has 0 radical (unpaired) electrons. The average molecular weight is 585 g/mol. The molecule has 2 aliphatic heterocycles. The van der Waals surface area contributed by atoms with Gasteiger partial charge in [-0.25, -0.2) is 0 Å². The zero-order valence-corrected chi connectivity index (χ0v) is 22.1. The van der Waals surface area contributed by atoms with Gasteiger partial charge in [-0.3, -0.25) is 49.0 Å². The molecule has 4 amide bonds. The fourth-order valence-electron chi connectivity index (χ4n) is 3.50. The van der Waals surface area contributed by atoms with Gasteiger partial charge in [0, 0.05) is 17.7 Å². The highest BCUT2D eigenvalue weighted by Crippen LogP contribution is 2.32. The Bertz CT molecular complexity index is 1470. The van der Waals surface area contributed by atoms with Crippen molar-refractivity contribution in [2.75, 3.05) is 0 Å². The number of carbonyl (C=O) groups excluding carboxylic acids is 4. The summed E-state index contributed by atoms with van der Waals surface area (Å²) in [5.41, 5.74) is 0.443. The number of carbonyl (C=O) groups is 4. The number of fused-ring (bicyclic) bond motifs is 2. The van der Waals surface area contributed by atoms with Crippen molar-refractivity contribution in [2.45, 2.75) is 38.5 Å². The molecule has 0 aliphatic carbocycles. The Morgan fingerprint density at radius 2 is 1.12 bits per heavy atom. The van der Waals surface area contributed by atoms with Crippen LogP contribution in [0.1, 0.15) is 59.5 Å². The lowest BCUT2D eigenvalue weighted by Gasteiger charge is -2.30. The minimum absolute atomic E-state index is 0.163. The molecule has 2 aliphatic rings. The summed E-state index contributed by atoms with van der Waals surface area (Å²) in [7, 11) is -4.67. The minimum Gasteiger partial charge on any atom is -0.328 e. The summed E-state index contributed by atoms with van der Waals surface area (Å²) in [6.45, 7) is 6.96. The molecule has 0 aromatic heterocycles. The maximum absolute atomic E-state index is 11.6. The monoisotopic (exact) mass is 584 g/mol. The van der Waals surface area contributed by atoms with E-state index in [9.17, 15) is 29.3 Å². The van der Waals surface area contributed by atoms with Crippen molar-refractivity contribution < 1.29 is 51.9 Å². The molecule has 0 fully saturated rings. The van der Waals surface area contributed by atoms with Crippen molar-refractivity contribution in [1.82, 2.24) is 10.6 Å². The van der Waals surface area contributed by atoms with Crippen LogP contribution >= 0.6 is 0 Å². The summed E-state index contributed by atoms with van der Waals surface area (Å²) >= 11 is 0. The van der Waals surface area contributed by atoms with E-state index in [1.165, 1.54) is 18.2 Å². The average Bonchev–Trinajstić information content (AvgIpc) is 2.81. The molecular weight excluding hydrogens is 560 g/mol. The number of hydrogen-bond acceptors (Lipinski definition) is 10. The zero-order valence-electron chi connectivity index (χ0n) is 21.3. The van der Waals surface area contributed by atoms with Crippen LogP contribution in [0.2, 0.25) is 0 Å². The highest BCUT2D eigenvalue weighted by molar-refractivity contribution is 7.79. The number of nitrogens with zero attached hydrogens (tertiary/aromatic N) is 2. The van der Waals surface area contributed by atoms with Gasteiger partial charge >= 0.3 is 10.4 Å². The van der Waals surface area contributed by atoms with E-state index in [4.69, 9.17) is 32.8 Å². The number of nitro benzene ring substituents is 1. The van der Waals surface area contributed by atoms with Gasteiger partial charge in [0.25, 0.3) is 22.6 Å². The van der Waals surface area contributed by atoms with Crippen molar-refractivity contribution in [2.24, 2.45) is 0 Å². The van der Waals surface area contributed by atoms with Crippen LogP contribution in [0.4, 0.5) is 5.69 Å². The molecule has 0 saturated heterocycles. The number of nitrogens with one attached hydrogen (secondary N) is 2. The SMILES string of the molecule is CC1(C)C(=O)NC(=O)c2cc([N+](=O)[O-])ccc21.CC1(C)C(=O)NC(=O)c2ccccc21.O=S(=O)(O)O.O=[N+]([O-])O. The standard InChI is InChI=1S/C11H10N2O4.C11H11NO2.HNO3.H2O4S/c1-11(2)8-4-3-6(13(16)17)5-7(8)9(14)12-10(11)15;1-11(2)8-6-4-3-5-7(8)9(13)12-10(11)14;2-1(3)4;1-5(2,3)4/h3-5H,1-2H3,(H,12,14,15);3-6H,1-2H3,(H,12,13,14);(H,2,3,4);(H2,1,2,3,4). The highest BCUT2D eigenvalue weighted by Gasteiger charge is 2.40. The summed E-state index contributed by atoms with van der Waals surface area (Å²) in [6.07, 6.45) is 0. The van der Waals surface area contributed by atoms with E-state index < -0.39 is 43.1 Å². The Balaban J connectivity index is 0.000000311. The van der Waals surface area contributed by atoms with Crippen LogP contribution in [-0.4, -0.2) is 56.4 Å². The van der Waals surface area contributed by atoms with Crippen LogP contribution < -0.4 is 10.6 Å². The lowest BCUT2D eigenvalue weighted by atomic mass is 9.78. The third-order valence-electron chi connectivity index (χ3n) is 5.57. The first-order valence-corrected chi connectivity index (χ1v) is 12.1. The maximum Gasteiger partial charge on any atom is 0.394 e. The summed E-state index contributed by atoms with van der Waals surface area (Å²) < 4.78 is 31.6. The second-order valence-corrected chi connectivity index (χ2v) is 9.93. The fourth-order valence-corrected chi connectivity index (χ4v) is 3.50. The Labute approximate surface area is 226 Å². The van der Waals surface area contributed by atoms with Crippen LogP contribution in [0, 0.1) is 20.2 Å². The van der Waals surface area contributed by atoms with Gasteiger partial charge in [-0.15, -0.1) is 10.1 Å². The fraction of sp³-hybridized carbons (Fsp3) is 0.273. The highest BCUT2D eigenvalue weighted by atomic mass is 32.3. The predicted molar refractivity (Wildman–Crippen MR) is 133 cm³/mol. The lowest BCUT2D eigenvalue weighted by Crippen LogP contribution is -2.48. The molecule has 40 heavy (non-hydrogen) atoms. The van der Waals surface area contributed by atoms with Gasteiger partial charge in [0.2, 0.25) is 11.8 Å². The zero-order chi connectivity index (χ0) is 31.2. The number of rotatable bonds is 1. The van der Waals surface area contributed by atoms with Gasteiger partial charge in [-0.05, 0) is 44.9 Å². The first-order chi connectivity index (χ1) is 18.1. The third kappa shape index (κ3) is 8.61. The largest absolute Gasteiger partial charge is 0.394 e. The van der Waals surface area contributed by atoms with Crippen LogP contribution in [0.15, 0.2) is 42.5 Å². The first kappa shape index (κ1) is 33.2. The molecular formula is C22H24N4O13S. The number of hydrogen-bond donors (Lipinski definition) is 5. The van der Waals surface area contributed by atoms with Gasteiger partial charge in [-0.1, -0.05) is 24.3 Å². The molecule has 216 valence electrons. The molecule has 2 aromatic rings. The van der Waals surface area contributed by atoms with Gasteiger partial charge in [0.15, 0.2) is 0 Å². The Morgan fingerprint density at radius 3 is 1.55 bits per heavy atom. The molecule has 0 saturated carbocycles. The second-order valence-electron chi connectivity index (χ2n) is 9.03. The van der Waals surface area contributed by atoms with Gasteiger partial charge in [-0.2, -0.15) is 8.42 Å². The number of non-ortho nitro benzene ring substituents is 1. The molecule has 0 spiro atoms. The molecule has 0 atom stereocenters. The van der Waals surface area contributed by atoms with Crippen LogP contribution in [0.5, 0.6) is 0 Å². The second kappa shape index (κ2) is 12.4. The van der Waals surface area contributed by atoms with Gasteiger partial charge in [0.1, 0.15) is 0 Å². The molecule has 5 N–H and O–H groups in total. The molecule has 18 heteroatoms. The topological polar surface area (TPSA) is 273 Å². The first-order valence-electron chi connectivity index (χ1n) is 10.7. The van der Waals surface area contributed by atoms with E-state index in [1.54, 1.807) is 26.0 Å². The molecule has 2 heterocycles. The lowest BCUT2D eigenvalue weighted by molar-refractivity contribution is -0.742. The summed E-state index contributed by atoms with van der Waals surface area (Å²) in [6, 6.07) is 11.1. The Hall–Kier alpha value is -4.81. The summed E-state index contributed by atoms with van der Waals surface area (Å²) in [5.74, 6) is -1.52. The summed E-state index contributed by atoms with van der Waals surface area (Å²) in [5, 5.41) is 28.8. The summed E-state index contributed by atoms with van der Waals surface area (Å²) in [4.78, 5) is 64.7. The van der Waals surface area contributed by atoms with Crippen LogP contribution in [0.3, 0.4) is 0 Å². The number of amides is 4. The molecule has 2 aromatic carbocycles. The van der Waals surface area contributed by atoms with Crippen LogP contribution in [-0.2, 0) is 30.8 Å². The van der Waals surface area contributed by atoms with Gasteiger partial charge in [0.05, 0.1) is 21.3 Å². The molecule has 0 unspecified atom stereocenters. The van der Waals surface area contributed by atoms with E-state index in [0.717, 1.165) is 5.56 Å². The van der Waals surface area contributed by atoms with Crippen molar-refractivity contribution in [3.05, 3.63) is 84.9 Å². The van der Waals surface area contributed by atoms with E-state index in [0.29, 0.717) is 11.1 Å². The van der Waals surface area contributed by atoms with Crippen molar-refractivity contribution in [3.8, 4) is 0 Å². The Morgan fingerprint density at radius 1 is 0.750 bits per heavy atom. The normalized spacial score (nSPS) is 15.9. The molecule has 17 nitrogen and oxygen atoms in total. The third-order valence-corrected chi connectivity index (χ3v) is 5.57. The van der Waals surface area contributed by atoms with Gasteiger partial charge < -0.3 is 5.21 Å². The van der Waals surface area contributed by atoms with E-state index in [-0.39, 0.29) is 23.1 Å². The van der Waals surface area contributed by atoms with Crippen molar-refractivity contribution in [1.29, 1.82) is 0 Å². The smallest absolute Gasteiger partial charge is 0.328 e. The Kier molecular flexibility index (Phi) is 10.3. The van der Waals surface area contributed by atoms with Crippen molar-refractivity contribution >= 4 is 39.7 Å². The number of benzene rings is 2. The molecule has 4 rings (SSSR count). The maximum atomic E-state index is 11.6. The van der Waals surface area contributed by atoms with E-state index in [2.05, 4.69) is 10.6 Å². The number of nitro groups is 1. The molecule has 0 bridgehead atoms. The predicted octanol–water partition coefficient (Wildman–Crippen LogP) is 1.38. The van der Waals surface area contributed by atoms with E-state index >= 15 is 0 Å².